The van der Waals surface area contributed by atoms with Gasteiger partial charge in [0.15, 0.2) is 0 Å². The van der Waals surface area contributed by atoms with Crippen molar-refractivity contribution in [3.63, 3.8) is 0 Å². The van der Waals surface area contributed by atoms with Gasteiger partial charge in [0.25, 0.3) is 0 Å². The maximum Gasteiger partial charge on any atom is 0.242 e. The zero-order valence-corrected chi connectivity index (χ0v) is 23.6. The summed E-state index contributed by atoms with van der Waals surface area (Å²) in [6, 6.07) is 13.9. The molecule has 2 amide bonds. The number of anilines is 1. The van der Waals surface area contributed by atoms with Crippen LogP contribution in [0.5, 0.6) is 5.75 Å². The van der Waals surface area contributed by atoms with Crippen LogP contribution >= 0.6 is 11.6 Å². The number of hydrogen-bond donors (Lipinski definition) is 1. The van der Waals surface area contributed by atoms with Crippen molar-refractivity contribution in [2.75, 3.05) is 37.3 Å². The van der Waals surface area contributed by atoms with E-state index >= 15 is 0 Å². The summed E-state index contributed by atoms with van der Waals surface area (Å²) in [7, 11) is -2.13. The third-order valence-corrected chi connectivity index (χ3v) is 7.55. The number of rotatable bonds is 15. The second-order valence-electron chi connectivity index (χ2n) is 8.90. The molecule has 0 fully saturated rings. The Balaban J connectivity index is 2.11. The first-order chi connectivity index (χ1) is 17.6. The molecular weight excluding hydrogens is 514 g/mol. The third kappa shape index (κ3) is 9.55. The van der Waals surface area contributed by atoms with Crippen molar-refractivity contribution in [1.82, 2.24) is 10.2 Å². The van der Waals surface area contributed by atoms with Crippen molar-refractivity contribution in [3.05, 3.63) is 59.1 Å². The number of unbranched alkanes of at least 4 members (excludes halogenated alkanes) is 1. The highest BCUT2D eigenvalue weighted by molar-refractivity contribution is 7.92. The van der Waals surface area contributed by atoms with E-state index in [0.29, 0.717) is 36.0 Å². The van der Waals surface area contributed by atoms with Gasteiger partial charge in [-0.05, 0) is 49.9 Å². The summed E-state index contributed by atoms with van der Waals surface area (Å²) in [5, 5.41) is 3.20. The Bertz CT molecular complexity index is 1130. The fourth-order valence-electron chi connectivity index (χ4n) is 3.92. The SMILES string of the molecule is CCCCNC(=O)C(C)N(CCc1ccccc1)C(=O)CCCN(c1ccc(OC)c(Cl)c1)S(C)(=O)=O. The predicted molar refractivity (Wildman–Crippen MR) is 149 cm³/mol. The molecule has 0 aromatic heterocycles. The smallest absolute Gasteiger partial charge is 0.242 e. The molecule has 0 radical (unpaired) electrons. The van der Waals surface area contributed by atoms with Crippen LogP contribution in [0.1, 0.15) is 45.1 Å². The molecule has 0 bridgehead atoms. The Morgan fingerprint density at radius 2 is 1.78 bits per heavy atom. The van der Waals surface area contributed by atoms with Gasteiger partial charge in [-0.1, -0.05) is 55.3 Å². The topological polar surface area (TPSA) is 96.0 Å². The Labute approximate surface area is 226 Å². The Morgan fingerprint density at radius 3 is 2.38 bits per heavy atom. The summed E-state index contributed by atoms with van der Waals surface area (Å²) in [5.41, 5.74) is 1.46. The largest absolute Gasteiger partial charge is 0.495 e. The van der Waals surface area contributed by atoms with E-state index in [1.807, 2.05) is 37.3 Å². The summed E-state index contributed by atoms with van der Waals surface area (Å²) in [5.74, 6) is 0.0464. The predicted octanol–water partition coefficient (Wildman–Crippen LogP) is 4.27. The number of halogens is 1. The molecule has 1 atom stereocenters. The first kappa shape index (κ1) is 30.4. The van der Waals surface area contributed by atoms with Crippen LogP contribution in [0, 0.1) is 0 Å². The summed E-state index contributed by atoms with van der Waals surface area (Å²) in [6.07, 6.45) is 3.92. The highest BCUT2D eigenvalue weighted by Gasteiger charge is 2.26. The van der Waals surface area contributed by atoms with Gasteiger partial charge in [-0.25, -0.2) is 8.42 Å². The lowest BCUT2D eigenvalue weighted by atomic mass is 10.1. The highest BCUT2D eigenvalue weighted by atomic mass is 35.5. The molecule has 8 nitrogen and oxygen atoms in total. The molecule has 2 rings (SSSR count). The van der Waals surface area contributed by atoms with Crippen molar-refractivity contribution in [2.24, 2.45) is 0 Å². The van der Waals surface area contributed by atoms with Gasteiger partial charge in [-0.3, -0.25) is 13.9 Å². The van der Waals surface area contributed by atoms with Crippen molar-refractivity contribution >= 4 is 39.1 Å². The van der Waals surface area contributed by atoms with Crippen LogP contribution in [0.3, 0.4) is 0 Å². The monoisotopic (exact) mass is 551 g/mol. The van der Waals surface area contributed by atoms with E-state index < -0.39 is 16.1 Å². The van der Waals surface area contributed by atoms with Crippen LogP contribution < -0.4 is 14.4 Å². The van der Waals surface area contributed by atoms with Crippen LogP contribution in [0.4, 0.5) is 5.69 Å². The van der Waals surface area contributed by atoms with Gasteiger partial charge in [0.05, 0.1) is 24.1 Å². The molecule has 204 valence electrons. The molecule has 10 heteroatoms. The zero-order chi connectivity index (χ0) is 27.4. The first-order valence-corrected chi connectivity index (χ1v) is 14.7. The molecule has 0 saturated carbocycles. The maximum atomic E-state index is 13.3. The van der Waals surface area contributed by atoms with Gasteiger partial charge < -0.3 is 15.0 Å². The molecule has 2 aromatic carbocycles. The molecule has 0 spiro atoms. The fraction of sp³-hybridized carbons (Fsp3) is 0.481. The molecule has 0 saturated heterocycles. The van der Waals surface area contributed by atoms with Gasteiger partial charge in [0.2, 0.25) is 21.8 Å². The van der Waals surface area contributed by atoms with Gasteiger partial charge in [0.1, 0.15) is 11.8 Å². The molecule has 0 aliphatic heterocycles. The molecule has 0 heterocycles. The lowest BCUT2D eigenvalue weighted by Crippen LogP contribution is -2.49. The summed E-state index contributed by atoms with van der Waals surface area (Å²) in [6.45, 7) is 4.82. The third-order valence-electron chi connectivity index (χ3n) is 6.06. The van der Waals surface area contributed by atoms with Crippen LogP contribution in [-0.2, 0) is 26.0 Å². The van der Waals surface area contributed by atoms with Gasteiger partial charge in [0, 0.05) is 26.1 Å². The van der Waals surface area contributed by atoms with E-state index in [1.165, 1.54) is 17.5 Å². The van der Waals surface area contributed by atoms with Crippen molar-refractivity contribution in [2.45, 2.75) is 52.0 Å². The van der Waals surface area contributed by atoms with Crippen LogP contribution in [0.25, 0.3) is 0 Å². The number of carbonyl (C=O) groups excluding carboxylic acids is 2. The van der Waals surface area contributed by atoms with Crippen molar-refractivity contribution in [3.8, 4) is 5.75 Å². The summed E-state index contributed by atoms with van der Waals surface area (Å²) in [4.78, 5) is 27.6. The van der Waals surface area contributed by atoms with E-state index in [0.717, 1.165) is 24.7 Å². The fourth-order valence-corrected chi connectivity index (χ4v) is 5.13. The lowest BCUT2D eigenvalue weighted by Gasteiger charge is -2.29. The lowest BCUT2D eigenvalue weighted by molar-refractivity contribution is -0.139. The number of benzene rings is 2. The molecular formula is C27H38ClN3O5S. The Hall–Kier alpha value is -2.78. The summed E-state index contributed by atoms with van der Waals surface area (Å²) >= 11 is 6.20. The second kappa shape index (κ2) is 14.8. The molecule has 0 aliphatic carbocycles. The van der Waals surface area contributed by atoms with Crippen LogP contribution in [0.15, 0.2) is 48.5 Å². The van der Waals surface area contributed by atoms with Gasteiger partial charge in [-0.15, -0.1) is 0 Å². The van der Waals surface area contributed by atoms with E-state index in [2.05, 4.69) is 5.32 Å². The van der Waals surface area contributed by atoms with E-state index in [1.54, 1.807) is 24.0 Å². The number of nitrogens with one attached hydrogen (secondary N) is 1. The average molecular weight is 552 g/mol. The van der Waals surface area contributed by atoms with Crippen LogP contribution in [-0.4, -0.2) is 64.2 Å². The number of hydrogen-bond acceptors (Lipinski definition) is 5. The number of ether oxygens (including phenoxy) is 1. The Kier molecular flexibility index (Phi) is 12.2. The molecule has 1 unspecified atom stereocenters. The van der Waals surface area contributed by atoms with E-state index in [4.69, 9.17) is 16.3 Å². The number of amides is 2. The second-order valence-corrected chi connectivity index (χ2v) is 11.2. The number of methoxy groups -OCH3 is 1. The van der Waals surface area contributed by atoms with E-state index in [-0.39, 0.29) is 31.2 Å². The molecule has 0 aliphatic rings. The standard InChI is InChI=1S/C27H38ClN3O5S/c1-5-6-17-29-27(33)21(2)30(19-16-22-11-8-7-9-12-22)26(32)13-10-18-31(37(4,34)35)23-14-15-25(36-3)24(28)20-23/h7-9,11-12,14-15,20-21H,5-6,10,13,16-19H2,1-4H3,(H,29,33). The Morgan fingerprint density at radius 1 is 1.08 bits per heavy atom. The van der Waals surface area contributed by atoms with Crippen molar-refractivity contribution in [1.29, 1.82) is 0 Å². The molecule has 2 aromatic rings. The minimum Gasteiger partial charge on any atom is -0.495 e. The number of carbonyl (C=O) groups is 2. The minimum absolute atomic E-state index is 0.0941. The first-order valence-electron chi connectivity index (χ1n) is 12.5. The van der Waals surface area contributed by atoms with E-state index in [9.17, 15) is 18.0 Å². The van der Waals surface area contributed by atoms with Crippen LogP contribution in [0.2, 0.25) is 5.02 Å². The zero-order valence-electron chi connectivity index (χ0n) is 22.1. The van der Waals surface area contributed by atoms with Crippen molar-refractivity contribution < 1.29 is 22.7 Å². The quantitative estimate of drug-likeness (QED) is 0.333. The average Bonchev–Trinajstić information content (AvgIpc) is 2.86. The number of sulfonamides is 1. The van der Waals surface area contributed by atoms with Gasteiger partial charge in [-0.2, -0.15) is 0 Å². The normalized spacial score (nSPS) is 12.0. The molecule has 1 N–H and O–H groups in total. The maximum absolute atomic E-state index is 13.3. The summed E-state index contributed by atoms with van der Waals surface area (Å²) < 4.78 is 31.4. The van der Waals surface area contributed by atoms with Gasteiger partial charge >= 0.3 is 0 Å². The number of nitrogens with zero attached hydrogens (tertiary/aromatic N) is 2. The molecule has 37 heavy (non-hydrogen) atoms. The minimum atomic E-state index is -3.62. The highest BCUT2D eigenvalue weighted by Crippen LogP contribution is 2.30.